The van der Waals surface area contributed by atoms with E-state index in [0.717, 1.165) is 18.7 Å². The number of thiophene rings is 1. The molecule has 92 valence electrons. The molecule has 0 saturated heterocycles. The van der Waals surface area contributed by atoms with Gasteiger partial charge in [0.25, 0.3) is 0 Å². The molecule has 4 nitrogen and oxygen atoms in total. The van der Waals surface area contributed by atoms with Crippen LogP contribution in [0.25, 0.3) is 0 Å². The van der Waals surface area contributed by atoms with Gasteiger partial charge >= 0.3 is 0 Å². The molecule has 1 unspecified atom stereocenters. The van der Waals surface area contributed by atoms with Gasteiger partial charge in [0.1, 0.15) is 0 Å². The molecule has 0 bridgehead atoms. The van der Waals surface area contributed by atoms with Crippen molar-refractivity contribution < 1.29 is 0 Å². The molecule has 0 amide bonds. The molecule has 0 saturated carbocycles. The van der Waals surface area contributed by atoms with Crippen molar-refractivity contribution in [1.82, 2.24) is 20.3 Å². The van der Waals surface area contributed by atoms with Crippen LogP contribution in [0.4, 0.5) is 0 Å². The summed E-state index contributed by atoms with van der Waals surface area (Å²) < 4.78 is 1.73. The Balaban J connectivity index is 1.94. The first-order valence-corrected chi connectivity index (χ1v) is 6.79. The Labute approximate surface area is 106 Å². The fraction of sp³-hybridized carbons (Fsp3) is 0.500. The number of nitrogens with zero attached hydrogens (tertiary/aromatic N) is 3. The van der Waals surface area contributed by atoms with Crippen LogP contribution in [-0.2, 0) is 13.6 Å². The smallest absolute Gasteiger partial charge is 0.0964 e. The number of hydrogen-bond donors (Lipinski definition) is 1. The lowest BCUT2D eigenvalue weighted by atomic mass is 10.1. The zero-order chi connectivity index (χ0) is 12.1. The third-order valence-electron chi connectivity index (χ3n) is 2.64. The Hall–Kier alpha value is -1.20. The molecule has 0 fully saturated rings. The fourth-order valence-corrected chi connectivity index (χ4v) is 2.66. The molecule has 0 aliphatic carbocycles. The molecule has 17 heavy (non-hydrogen) atoms. The van der Waals surface area contributed by atoms with Crippen molar-refractivity contribution in [3.8, 4) is 0 Å². The van der Waals surface area contributed by atoms with E-state index < -0.39 is 0 Å². The molecule has 0 aliphatic rings. The molecule has 2 rings (SSSR count). The number of hydrogen-bond acceptors (Lipinski definition) is 4. The monoisotopic (exact) mass is 250 g/mol. The molecule has 2 aromatic heterocycles. The van der Waals surface area contributed by atoms with Crippen LogP contribution >= 0.6 is 11.3 Å². The molecular formula is C12H18N4S. The maximum Gasteiger partial charge on any atom is 0.0964 e. The van der Waals surface area contributed by atoms with Gasteiger partial charge in [-0.15, -0.1) is 16.4 Å². The predicted octanol–water partition coefficient (Wildman–Crippen LogP) is 2.51. The van der Waals surface area contributed by atoms with Crippen molar-refractivity contribution in [2.45, 2.75) is 32.4 Å². The third kappa shape index (κ3) is 3.38. The van der Waals surface area contributed by atoms with Gasteiger partial charge in [0.05, 0.1) is 5.69 Å². The van der Waals surface area contributed by atoms with Gasteiger partial charge in [-0.2, -0.15) is 0 Å². The molecule has 1 N–H and O–H groups in total. The first kappa shape index (κ1) is 12.3. The minimum absolute atomic E-state index is 0.432. The summed E-state index contributed by atoms with van der Waals surface area (Å²) in [6.07, 6.45) is 4.28. The van der Waals surface area contributed by atoms with Gasteiger partial charge in [0, 0.05) is 30.7 Å². The average Bonchev–Trinajstić information content (AvgIpc) is 2.95. The number of rotatable bonds is 6. The predicted molar refractivity (Wildman–Crippen MR) is 69.8 cm³/mol. The van der Waals surface area contributed by atoms with Crippen LogP contribution in [0.1, 0.15) is 36.4 Å². The molecule has 0 spiro atoms. The molecule has 2 aromatic rings. The van der Waals surface area contributed by atoms with Gasteiger partial charge in [-0.25, -0.2) is 0 Å². The maximum absolute atomic E-state index is 4.08. The van der Waals surface area contributed by atoms with Gasteiger partial charge in [-0.3, -0.25) is 4.68 Å². The van der Waals surface area contributed by atoms with Crippen LogP contribution in [0.15, 0.2) is 23.7 Å². The minimum atomic E-state index is 0.432. The third-order valence-corrected chi connectivity index (χ3v) is 3.63. The van der Waals surface area contributed by atoms with E-state index in [1.165, 1.54) is 11.3 Å². The van der Waals surface area contributed by atoms with Crippen molar-refractivity contribution in [2.24, 2.45) is 7.05 Å². The van der Waals surface area contributed by atoms with Crippen molar-refractivity contribution >= 4 is 11.3 Å². The Morgan fingerprint density at radius 2 is 2.41 bits per heavy atom. The van der Waals surface area contributed by atoms with Crippen molar-refractivity contribution in [3.05, 3.63) is 34.3 Å². The van der Waals surface area contributed by atoms with E-state index in [-0.39, 0.29) is 0 Å². The average molecular weight is 250 g/mol. The van der Waals surface area contributed by atoms with Crippen molar-refractivity contribution in [3.63, 3.8) is 0 Å². The lowest BCUT2D eigenvalue weighted by Crippen LogP contribution is -2.20. The number of nitrogens with one attached hydrogen (secondary N) is 1. The molecule has 1 atom stereocenters. The standard InChI is InChI=1S/C12H18N4S/c1-3-5-11(12-6-4-7-17-12)13-8-10-9-16(2)15-14-10/h4,6-7,9,11,13H,3,5,8H2,1-2H3. The fourth-order valence-electron chi connectivity index (χ4n) is 1.83. The summed E-state index contributed by atoms with van der Waals surface area (Å²) in [7, 11) is 1.89. The number of aromatic nitrogens is 3. The highest BCUT2D eigenvalue weighted by Gasteiger charge is 2.11. The SMILES string of the molecule is CCCC(NCc1cn(C)nn1)c1cccs1. The van der Waals surface area contributed by atoms with E-state index in [1.54, 1.807) is 4.68 Å². The van der Waals surface area contributed by atoms with E-state index in [2.05, 4.69) is 40.1 Å². The summed E-state index contributed by atoms with van der Waals surface area (Å²) in [6.45, 7) is 2.99. The highest BCUT2D eigenvalue weighted by atomic mass is 32.1. The Morgan fingerprint density at radius 1 is 1.53 bits per heavy atom. The second-order valence-corrected chi connectivity index (χ2v) is 5.10. The summed E-state index contributed by atoms with van der Waals surface area (Å²) in [6, 6.07) is 4.73. The van der Waals surface area contributed by atoms with E-state index in [1.807, 2.05) is 24.6 Å². The van der Waals surface area contributed by atoms with E-state index in [9.17, 15) is 0 Å². The second-order valence-electron chi connectivity index (χ2n) is 4.12. The van der Waals surface area contributed by atoms with Crippen LogP contribution in [-0.4, -0.2) is 15.0 Å². The molecule has 2 heterocycles. The minimum Gasteiger partial charge on any atom is -0.303 e. The second kappa shape index (κ2) is 5.93. The van der Waals surface area contributed by atoms with Crippen LogP contribution in [0.2, 0.25) is 0 Å². The zero-order valence-electron chi connectivity index (χ0n) is 10.3. The van der Waals surface area contributed by atoms with Crippen molar-refractivity contribution in [2.75, 3.05) is 0 Å². The molecule has 0 aliphatic heterocycles. The first-order valence-electron chi connectivity index (χ1n) is 5.91. The summed E-state index contributed by atoms with van der Waals surface area (Å²) in [4.78, 5) is 1.40. The highest BCUT2D eigenvalue weighted by Crippen LogP contribution is 2.23. The summed E-state index contributed by atoms with van der Waals surface area (Å²) in [5.41, 5.74) is 0.991. The van der Waals surface area contributed by atoms with Crippen LogP contribution in [0.3, 0.4) is 0 Å². The van der Waals surface area contributed by atoms with Gasteiger partial charge in [-0.1, -0.05) is 24.6 Å². The normalized spacial score (nSPS) is 12.8. The summed E-state index contributed by atoms with van der Waals surface area (Å²) in [5.74, 6) is 0. The highest BCUT2D eigenvalue weighted by molar-refractivity contribution is 7.10. The van der Waals surface area contributed by atoms with Gasteiger partial charge < -0.3 is 5.32 Å². The first-order chi connectivity index (χ1) is 8.29. The van der Waals surface area contributed by atoms with Crippen LogP contribution < -0.4 is 5.32 Å². The zero-order valence-corrected chi connectivity index (χ0v) is 11.1. The molecule has 0 aromatic carbocycles. The van der Waals surface area contributed by atoms with Crippen LogP contribution in [0.5, 0.6) is 0 Å². The number of aryl methyl sites for hydroxylation is 1. The van der Waals surface area contributed by atoms with E-state index in [4.69, 9.17) is 0 Å². The Morgan fingerprint density at radius 3 is 3.00 bits per heavy atom. The molecule has 5 heteroatoms. The topological polar surface area (TPSA) is 42.7 Å². The molecular weight excluding hydrogens is 232 g/mol. The largest absolute Gasteiger partial charge is 0.303 e. The van der Waals surface area contributed by atoms with Gasteiger partial charge in [0.15, 0.2) is 0 Å². The summed E-state index contributed by atoms with van der Waals surface area (Å²) in [5, 5.41) is 13.7. The molecule has 0 radical (unpaired) electrons. The van der Waals surface area contributed by atoms with E-state index in [0.29, 0.717) is 6.04 Å². The van der Waals surface area contributed by atoms with Crippen molar-refractivity contribution in [1.29, 1.82) is 0 Å². The summed E-state index contributed by atoms with van der Waals surface area (Å²) >= 11 is 1.81. The van der Waals surface area contributed by atoms with Gasteiger partial charge in [0.2, 0.25) is 0 Å². The lowest BCUT2D eigenvalue weighted by Gasteiger charge is -2.15. The Bertz CT molecular complexity index is 435. The Kier molecular flexibility index (Phi) is 4.28. The van der Waals surface area contributed by atoms with E-state index >= 15 is 0 Å². The lowest BCUT2D eigenvalue weighted by molar-refractivity contribution is 0.496. The van der Waals surface area contributed by atoms with Crippen LogP contribution in [0, 0.1) is 0 Å². The maximum atomic E-state index is 4.08. The quantitative estimate of drug-likeness (QED) is 0.856. The van der Waals surface area contributed by atoms with Gasteiger partial charge in [-0.05, 0) is 17.9 Å².